The molecule has 2 rings (SSSR count). The minimum atomic E-state index is 0.426. The van der Waals surface area contributed by atoms with Crippen LogP contribution in [0, 0.1) is 11.3 Å². The molecule has 0 aliphatic heterocycles. The summed E-state index contributed by atoms with van der Waals surface area (Å²) in [5.41, 5.74) is 2.40. The third-order valence-corrected chi connectivity index (χ3v) is 3.61. The number of rotatable bonds is 3. The van der Waals surface area contributed by atoms with Crippen LogP contribution in [0.15, 0.2) is 36.4 Å². The Morgan fingerprint density at radius 3 is 2.21 bits per heavy atom. The molecule has 2 aromatic rings. The van der Waals surface area contributed by atoms with Gasteiger partial charge in [0.15, 0.2) is 0 Å². The highest BCUT2D eigenvalue weighted by Gasteiger charge is 2.05. The molecule has 0 heterocycles. The van der Waals surface area contributed by atoms with Gasteiger partial charge in [0.2, 0.25) is 0 Å². The predicted octanol–water partition coefficient (Wildman–Crippen LogP) is 5.13. The van der Waals surface area contributed by atoms with Crippen molar-refractivity contribution in [1.29, 1.82) is 5.26 Å². The Balaban J connectivity index is 2.10. The summed E-state index contributed by atoms with van der Waals surface area (Å²) in [6.45, 7) is 0.587. The van der Waals surface area contributed by atoms with Crippen molar-refractivity contribution in [3.05, 3.63) is 62.6 Å². The van der Waals surface area contributed by atoms with Gasteiger partial charge in [0.25, 0.3) is 0 Å². The Morgan fingerprint density at radius 1 is 0.947 bits per heavy atom. The predicted molar refractivity (Wildman–Crippen MR) is 80.0 cm³/mol. The van der Waals surface area contributed by atoms with E-state index < -0.39 is 0 Å². The van der Waals surface area contributed by atoms with E-state index in [0.29, 0.717) is 27.2 Å². The summed E-state index contributed by atoms with van der Waals surface area (Å²) in [5.74, 6) is 0. The largest absolute Gasteiger partial charge is 0.380 e. The molecule has 0 atom stereocenters. The van der Waals surface area contributed by atoms with Crippen LogP contribution in [0.2, 0.25) is 15.1 Å². The highest BCUT2D eigenvalue weighted by atomic mass is 35.5. The minimum absolute atomic E-state index is 0.426. The molecule has 1 N–H and O–H groups in total. The molecular weight excluding hydrogens is 303 g/mol. The molecular formula is C14H9Cl3N2. The molecule has 0 aliphatic carbocycles. The Labute approximate surface area is 126 Å². The van der Waals surface area contributed by atoms with E-state index in [4.69, 9.17) is 40.1 Å². The van der Waals surface area contributed by atoms with Gasteiger partial charge in [-0.2, -0.15) is 5.26 Å². The molecule has 0 fully saturated rings. The Hall–Kier alpha value is -1.40. The molecule has 0 spiro atoms. The summed E-state index contributed by atoms with van der Waals surface area (Å²) in [6, 6.07) is 12.7. The van der Waals surface area contributed by atoms with Crippen LogP contribution in [0.1, 0.15) is 11.1 Å². The van der Waals surface area contributed by atoms with Crippen LogP contribution in [0.5, 0.6) is 0 Å². The van der Waals surface area contributed by atoms with Gasteiger partial charge in [-0.05, 0) is 29.8 Å². The van der Waals surface area contributed by atoms with Crippen LogP contribution in [0.25, 0.3) is 0 Å². The minimum Gasteiger partial charge on any atom is -0.380 e. The quantitative estimate of drug-likeness (QED) is 0.798. The van der Waals surface area contributed by atoms with Gasteiger partial charge >= 0.3 is 0 Å². The van der Waals surface area contributed by atoms with Crippen molar-refractivity contribution in [2.24, 2.45) is 0 Å². The SMILES string of the molecule is N#Cc1ccc(CNc2cc(Cl)c(Cl)cc2Cl)cc1. The van der Waals surface area contributed by atoms with Gasteiger partial charge in [0.05, 0.1) is 32.4 Å². The molecule has 5 heteroatoms. The summed E-state index contributed by atoms with van der Waals surface area (Å²) < 4.78 is 0. The molecule has 0 saturated heterocycles. The number of benzene rings is 2. The van der Waals surface area contributed by atoms with E-state index in [1.807, 2.05) is 12.1 Å². The van der Waals surface area contributed by atoms with Crippen LogP contribution >= 0.6 is 34.8 Å². The third kappa shape index (κ3) is 3.54. The van der Waals surface area contributed by atoms with Gasteiger partial charge in [0.1, 0.15) is 0 Å². The van der Waals surface area contributed by atoms with Crippen molar-refractivity contribution in [3.8, 4) is 6.07 Å². The second kappa shape index (κ2) is 6.16. The summed E-state index contributed by atoms with van der Waals surface area (Å²) >= 11 is 17.9. The number of hydrogen-bond acceptors (Lipinski definition) is 2. The molecule has 0 unspecified atom stereocenters. The summed E-state index contributed by atoms with van der Waals surface area (Å²) in [6.07, 6.45) is 0. The lowest BCUT2D eigenvalue weighted by atomic mass is 10.1. The van der Waals surface area contributed by atoms with E-state index in [1.54, 1.807) is 24.3 Å². The maximum atomic E-state index is 8.72. The molecule has 2 nitrogen and oxygen atoms in total. The number of halogens is 3. The van der Waals surface area contributed by atoms with Gasteiger partial charge in [-0.3, -0.25) is 0 Å². The van der Waals surface area contributed by atoms with Crippen molar-refractivity contribution in [3.63, 3.8) is 0 Å². The number of hydrogen-bond donors (Lipinski definition) is 1. The molecule has 0 aromatic heterocycles. The zero-order valence-corrected chi connectivity index (χ0v) is 12.0. The fraction of sp³-hybridized carbons (Fsp3) is 0.0714. The van der Waals surface area contributed by atoms with E-state index in [0.717, 1.165) is 11.3 Å². The van der Waals surface area contributed by atoms with Crippen molar-refractivity contribution in [2.45, 2.75) is 6.54 Å². The summed E-state index contributed by atoms with van der Waals surface area (Å²) in [4.78, 5) is 0. The second-order valence-electron chi connectivity index (χ2n) is 3.91. The summed E-state index contributed by atoms with van der Waals surface area (Å²) in [7, 11) is 0. The summed E-state index contributed by atoms with van der Waals surface area (Å²) in [5, 5.41) is 13.3. The molecule has 0 radical (unpaired) electrons. The molecule has 96 valence electrons. The normalized spacial score (nSPS) is 10.0. The van der Waals surface area contributed by atoms with E-state index in [9.17, 15) is 0 Å². The molecule has 0 amide bonds. The van der Waals surface area contributed by atoms with Crippen molar-refractivity contribution >= 4 is 40.5 Å². The first-order valence-electron chi connectivity index (χ1n) is 5.47. The lowest BCUT2D eigenvalue weighted by molar-refractivity contribution is 1.15. The maximum Gasteiger partial charge on any atom is 0.0991 e. The van der Waals surface area contributed by atoms with Crippen LogP contribution in [-0.4, -0.2) is 0 Å². The number of nitriles is 1. The number of nitrogens with one attached hydrogen (secondary N) is 1. The van der Waals surface area contributed by atoms with Crippen LogP contribution < -0.4 is 5.32 Å². The standard InChI is InChI=1S/C14H9Cl3N2/c15-11-5-13(17)14(6-12(11)16)19-8-10-3-1-9(7-18)2-4-10/h1-6,19H,8H2. The van der Waals surface area contributed by atoms with E-state index in [1.165, 1.54) is 0 Å². The Bertz CT molecular complexity index is 630. The zero-order chi connectivity index (χ0) is 13.8. The van der Waals surface area contributed by atoms with Gasteiger partial charge < -0.3 is 5.32 Å². The van der Waals surface area contributed by atoms with Crippen molar-refractivity contribution < 1.29 is 0 Å². The first-order valence-corrected chi connectivity index (χ1v) is 6.61. The highest BCUT2D eigenvalue weighted by Crippen LogP contribution is 2.32. The van der Waals surface area contributed by atoms with Gasteiger partial charge in [-0.15, -0.1) is 0 Å². The second-order valence-corrected chi connectivity index (χ2v) is 5.13. The van der Waals surface area contributed by atoms with E-state index >= 15 is 0 Å². The van der Waals surface area contributed by atoms with Gasteiger partial charge in [0, 0.05) is 6.54 Å². The van der Waals surface area contributed by atoms with Gasteiger partial charge in [-0.1, -0.05) is 46.9 Å². The maximum absolute atomic E-state index is 8.72. The van der Waals surface area contributed by atoms with Crippen LogP contribution in [-0.2, 0) is 6.54 Å². The van der Waals surface area contributed by atoms with E-state index in [2.05, 4.69) is 11.4 Å². The Morgan fingerprint density at radius 2 is 1.58 bits per heavy atom. The molecule has 0 saturated carbocycles. The molecule has 19 heavy (non-hydrogen) atoms. The molecule has 2 aromatic carbocycles. The number of anilines is 1. The van der Waals surface area contributed by atoms with Gasteiger partial charge in [-0.25, -0.2) is 0 Å². The van der Waals surface area contributed by atoms with Crippen molar-refractivity contribution in [2.75, 3.05) is 5.32 Å². The average Bonchev–Trinajstić information content (AvgIpc) is 2.42. The van der Waals surface area contributed by atoms with Crippen LogP contribution in [0.4, 0.5) is 5.69 Å². The average molecular weight is 312 g/mol. The Kier molecular flexibility index (Phi) is 4.55. The topological polar surface area (TPSA) is 35.8 Å². The molecule has 0 bridgehead atoms. The highest BCUT2D eigenvalue weighted by molar-refractivity contribution is 6.44. The lowest BCUT2D eigenvalue weighted by Crippen LogP contribution is -2.00. The van der Waals surface area contributed by atoms with E-state index in [-0.39, 0.29) is 0 Å². The smallest absolute Gasteiger partial charge is 0.0991 e. The third-order valence-electron chi connectivity index (χ3n) is 2.58. The number of nitrogens with zero attached hydrogens (tertiary/aromatic N) is 1. The zero-order valence-electron chi connectivity index (χ0n) is 9.75. The lowest BCUT2D eigenvalue weighted by Gasteiger charge is -2.10. The van der Waals surface area contributed by atoms with Crippen LogP contribution in [0.3, 0.4) is 0 Å². The first kappa shape index (κ1) is 14.0. The first-order chi connectivity index (χ1) is 9.10. The fourth-order valence-corrected chi connectivity index (χ4v) is 2.17. The van der Waals surface area contributed by atoms with Crippen molar-refractivity contribution in [1.82, 2.24) is 0 Å². The molecule has 0 aliphatic rings. The fourth-order valence-electron chi connectivity index (χ4n) is 1.55. The monoisotopic (exact) mass is 310 g/mol.